The fourth-order valence-corrected chi connectivity index (χ4v) is 3.59. The van der Waals surface area contributed by atoms with E-state index in [9.17, 15) is 9.59 Å². The van der Waals surface area contributed by atoms with Crippen LogP contribution in [0.5, 0.6) is 5.75 Å². The predicted octanol–water partition coefficient (Wildman–Crippen LogP) is 1.96. The minimum atomic E-state index is -0.486. The molecule has 0 N–H and O–H groups in total. The number of methoxy groups -OCH3 is 2. The summed E-state index contributed by atoms with van der Waals surface area (Å²) in [5.41, 5.74) is 2.24. The Hall–Kier alpha value is -2.83. The van der Waals surface area contributed by atoms with E-state index in [0.717, 1.165) is 18.5 Å². The molecule has 0 unspecified atom stereocenters. The molecule has 7 heteroatoms. The van der Waals surface area contributed by atoms with Crippen LogP contribution >= 0.6 is 0 Å². The lowest BCUT2D eigenvalue weighted by Gasteiger charge is -2.22. The maximum atomic E-state index is 13.0. The number of imidazole rings is 1. The Balaban J connectivity index is 1.99. The van der Waals surface area contributed by atoms with Crippen molar-refractivity contribution in [2.24, 2.45) is 0 Å². The summed E-state index contributed by atoms with van der Waals surface area (Å²) in [4.78, 5) is 31.2. The molecular formula is C17H17N3O4. The van der Waals surface area contributed by atoms with Crippen molar-refractivity contribution in [3.8, 4) is 11.4 Å². The van der Waals surface area contributed by atoms with Crippen molar-refractivity contribution in [1.82, 2.24) is 14.5 Å². The number of rotatable bonds is 2. The highest BCUT2D eigenvalue weighted by Crippen LogP contribution is 2.40. The van der Waals surface area contributed by atoms with E-state index in [4.69, 9.17) is 9.47 Å². The maximum absolute atomic E-state index is 13.0. The summed E-state index contributed by atoms with van der Waals surface area (Å²) in [5, 5.41) is 0. The molecule has 1 aromatic heterocycles. The second-order valence-corrected chi connectivity index (χ2v) is 5.88. The summed E-state index contributed by atoms with van der Waals surface area (Å²) in [5.74, 6) is 0.0838. The molecule has 2 aliphatic rings. The molecule has 1 fully saturated rings. The molecule has 1 atom stereocenters. The average molecular weight is 327 g/mol. The minimum Gasteiger partial charge on any atom is -0.497 e. The lowest BCUT2D eigenvalue weighted by atomic mass is 10.1. The quantitative estimate of drug-likeness (QED) is 0.788. The minimum absolute atomic E-state index is 0.0501. The Morgan fingerprint density at radius 2 is 2.17 bits per heavy atom. The molecule has 24 heavy (non-hydrogen) atoms. The Morgan fingerprint density at radius 3 is 2.92 bits per heavy atom. The number of hydrogen-bond donors (Lipinski definition) is 0. The van der Waals surface area contributed by atoms with Gasteiger partial charge in [0, 0.05) is 6.54 Å². The van der Waals surface area contributed by atoms with E-state index in [2.05, 4.69) is 4.98 Å². The summed E-state index contributed by atoms with van der Waals surface area (Å²) >= 11 is 0. The fraction of sp³-hybridized carbons (Fsp3) is 0.353. The van der Waals surface area contributed by atoms with Gasteiger partial charge in [0.1, 0.15) is 12.1 Å². The summed E-state index contributed by atoms with van der Waals surface area (Å²) < 4.78 is 12.0. The largest absolute Gasteiger partial charge is 0.497 e. The van der Waals surface area contributed by atoms with Crippen molar-refractivity contribution in [3.63, 3.8) is 0 Å². The topological polar surface area (TPSA) is 73.7 Å². The molecule has 0 aliphatic carbocycles. The van der Waals surface area contributed by atoms with Crippen LogP contribution in [0.15, 0.2) is 24.5 Å². The molecule has 1 amide bonds. The number of aromatic nitrogens is 2. The third kappa shape index (κ3) is 1.94. The van der Waals surface area contributed by atoms with E-state index < -0.39 is 5.97 Å². The van der Waals surface area contributed by atoms with Gasteiger partial charge in [0.15, 0.2) is 5.69 Å². The first-order valence-corrected chi connectivity index (χ1v) is 7.80. The number of carbonyl (C=O) groups excluding carboxylic acids is 2. The zero-order chi connectivity index (χ0) is 16.8. The number of amides is 1. The lowest BCUT2D eigenvalue weighted by Crippen LogP contribution is -2.30. The molecule has 7 nitrogen and oxygen atoms in total. The van der Waals surface area contributed by atoms with Gasteiger partial charge in [-0.3, -0.25) is 9.36 Å². The first kappa shape index (κ1) is 14.7. The Bertz CT molecular complexity index is 842. The van der Waals surface area contributed by atoms with Crippen LogP contribution in [0.4, 0.5) is 0 Å². The molecule has 0 bridgehead atoms. The van der Waals surface area contributed by atoms with Crippen LogP contribution in [0.2, 0.25) is 0 Å². The fourth-order valence-electron chi connectivity index (χ4n) is 3.59. The second-order valence-electron chi connectivity index (χ2n) is 5.88. The lowest BCUT2D eigenvalue weighted by molar-refractivity contribution is 0.0585. The molecule has 1 aromatic carbocycles. The molecule has 4 rings (SSSR count). The van der Waals surface area contributed by atoms with Gasteiger partial charge in [-0.15, -0.1) is 0 Å². The Labute approximate surface area is 138 Å². The number of nitrogens with zero attached hydrogens (tertiary/aromatic N) is 3. The number of fused-ring (bicyclic) bond motifs is 5. The average Bonchev–Trinajstić information content (AvgIpc) is 3.24. The van der Waals surface area contributed by atoms with Crippen molar-refractivity contribution in [3.05, 3.63) is 41.5 Å². The normalized spacial score (nSPS) is 18.5. The summed E-state index contributed by atoms with van der Waals surface area (Å²) in [6.45, 7) is 0.659. The maximum Gasteiger partial charge on any atom is 0.358 e. The van der Waals surface area contributed by atoms with Crippen LogP contribution in [-0.4, -0.2) is 47.1 Å². The van der Waals surface area contributed by atoms with Gasteiger partial charge in [0.25, 0.3) is 5.91 Å². The molecular weight excluding hydrogens is 310 g/mol. The molecule has 0 saturated carbocycles. The zero-order valence-electron chi connectivity index (χ0n) is 13.5. The molecule has 3 heterocycles. The van der Waals surface area contributed by atoms with Crippen molar-refractivity contribution in [2.75, 3.05) is 20.8 Å². The van der Waals surface area contributed by atoms with Crippen LogP contribution in [0.1, 0.15) is 45.4 Å². The van der Waals surface area contributed by atoms with Crippen molar-refractivity contribution in [2.45, 2.75) is 18.9 Å². The Morgan fingerprint density at radius 1 is 1.33 bits per heavy atom. The van der Waals surface area contributed by atoms with E-state index in [1.165, 1.54) is 7.11 Å². The van der Waals surface area contributed by atoms with Crippen LogP contribution in [0, 0.1) is 0 Å². The van der Waals surface area contributed by atoms with Gasteiger partial charge in [-0.25, -0.2) is 9.78 Å². The van der Waals surface area contributed by atoms with E-state index in [1.54, 1.807) is 25.6 Å². The summed E-state index contributed by atoms with van der Waals surface area (Å²) in [6, 6.07) is 5.18. The highest BCUT2D eigenvalue weighted by atomic mass is 16.5. The van der Waals surface area contributed by atoms with Gasteiger partial charge >= 0.3 is 5.97 Å². The second kappa shape index (κ2) is 5.36. The van der Waals surface area contributed by atoms with Crippen molar-refractivity contribution >= 4 is 11.9 Å². The first-order chi connectivity index (χ1) is 11.7. The molecule has 0 spiro atoms. The third-order valence-corrected chi connectivity index (χ3v) is 4.71. The Kier molecular flexibility index (Phi) is 3.30. The number of ether oxygens (including phenoxy) is 2. The standard InChI is InChI=1S/C17H17N3O4/c1-23-10-5-6-12-11(8-10)16(21)19-7-3-4-13(19)15-14(17(22)24-2)18-9-20(12)15/h5-6,8-9,13H,3-4,7H2,1-2H3/t13-/m0/s1. The van der Waals surface area contributed by atoms with Gasteiger partial charge in [0.2, 0.25) is 0 Å². The van der Waals surface area contributed by atoms with E-state index >= 15 is 0 Å². The number of carbonyl (C=O) groups is 2. The van der Waals surface area contributed by atoms with Crippen LogP contribution < -0.4 is 4.74 Å². The van der Waals surface area contributed by atoms with Crippen LogP contribution in [0.25, 0.3) is 5.69 Å². The van der Waals surface area contributed by atoms with Gasteiger partial charge < -0.3 is 14.4 Å². The molecule has 124 valence electrons. The summed E-state index contributed by atoms with van der Waals surface area (Å²) in [7, 11) is 2.90. The predicted molar refractivity (Wildman–Crippen MR) is 84.5 cm³/mol. The zero-order valence-corrected chi connectivity index (χ0v) is 13.5. The highest BCUT2D eigenvalue weighted by Gasteiger charge is 2.40. The monoisotopic (exact) mass is 327 g/mol. The molecule has 0 radical (unpaired) electrons. The van der Waals surface area contributed by atoms with Gasteiger partial charge in [0.05, 0.1) is 37.2 Å². The van der Waals surface area contributed by atoms with E-state index in [0.29, 0.717) is 23.5 Å². The van der Waals surface area contributed by atoms with Gasteiger partial charge in [-0.2, -0.15) is 0 Å². The number of esters is 1. The SMILES string of the molecule is COC(=O)c1ncn2c1[C@@H]1CCCN1C(=O)c1cc(OC)ccc1-2. The number of benzene rings is 1. The smallest absolute Gasteiger partial charge is 0.358 e. The van der Waals surface area contributed by atoms with Crippen molar-refractivity contribution in [1.29, 1.82) is 0 Å². The van der Waals surface area contributed by atoms with Crippen LogP contribution in [-0.2, 0) is 4.74 Å². The van der Waals surface area contributed by atoms with Crippen LogP contribution in [0.3, 0.4) is 0 Å². The first-order valence-electron chi connectivity index (χ1n) is 7.80. The van der Waals surface area contributed by atoms with Gasteiger partial charge in [-0.1, -0.05) is 0 Å². The van der Waals surface area contributed by atoms with Crippen molar-refractivity contribution < 1.29 is 19.1 Å². The van der Waals surface area contributed by atoms with E-state index in [1.807, 2.05) is 15.5 Å². The number of hydrogen-bond acceptors (Lipinski definition) is 5. The van der Waals surface area contributed by atoms with Gasteiger partial charge in [-0.05, 0) is 31.0 Å². The van der Waals surface area contributed by atoms with E-state index in [-0.39, 0.29) is 17.6 Å². The molecule has 1 saturated heterocycles. The molecule has 2 aromatic rings. The molecule has 2 aliphatic heterocycles. The highest BCUT2D eigenvalue weighted by molar-refractivity contribution is 6.00. The summed E-state index contributed by atoms with van der Waals surface area (Å²) in [6.07, 6.45) is 3.27. The third-order valence-electron chi connectivity index (χ3n) is 4.71.